The maximum atomic E-state index is 10.7. The number of benzene rings is 1. The molecule has 0 heterocycles. The molecule has 0 bridgehead atoms. The van der Waals surface area contributed by atoms with Gasteiger partial charge in [-0.15, -0.1) is 0 Å². The van der Waals surface area contributed by atoms with Crippen molar-refractivity contribution in [3.05, 3.63) is 33.8 Å². The van der Waals surface area contributed by atoms with Gasteiger partial charge in [-0.05, 0) is 24.1 Å². The molecule has 82 valence electrons. The summed E-state index contributed by atoms with van der Waals surface area (Å²) in [5.41, 5.74) is 6.12. The van der Waals surface area contributed by atoms with Crippen LogP contribution in [0.2, 0.25) is 10.0 Å². The van der Waals surface area contributed by atoms with E-state index in [2.05, 4.69) is 0 Å². The molecular formula is C10H12Cl2N2O. The van der Waals surface area contributed by atoms with Crippen molar-refractivity contribution >= 4 is 29.2 Å². The minimum absolute atomic E-state index is 0.435. The van der Waals surface area contributed by atoms with E-state index < -0.39 is 6.03 Å². The summed E-state index contributed by atoms with van der Waals surface area (Å²) >= 11 is 11.6. The van der Waals surface area contributed by atoms with Gasteiger partial charge in [-0.25, -0.2) is 4.79 Å². The van der Waals surface area contributed by atoms with Gasteiger partial charge < -0.3 is 10.6 Å². The highest BCUT2D eigenvalue weighted by Gasteiger charge is 2.04. The van der Waals surface area contributed by atoms with Gasteiger partial charge in [0.2, 0.25) is 0 Å². The average Bonchev–Trinajstić information content (AvgIpc) is 2.19. The molecule has 3 nitrogen and oxygen atoms in total. The Balaban J connectivity index is 2.58. The molecule has 1 rings (SSSR count). The first-order chi connectivity index (χ1) is 7.00. The van der Waals surface area contributed by atoms with Crippen LogP contribution in [0.15, 0.2) is 18.2 Å². The van der Waals surface area contributed by atoms with E-state index in [1.807, 2.05) is 6.07 Å². The van der Waals surface area contributed by atoms with Crippen LogP contribution in [0.5, 0.6) is 0 Å². The molecule has 0 aliphatic rings. The molecule has 2 N–H and O–H groups in total. The molecule has 0 aliphatic carbocycles. The molecule has 0 radical (unpaired) electrons. The van der Waals surface area contributed by atoms with Crippen LogP contribution in [0.3, 0.4) is 0 Å². The Bertz CT molecular complexity index is 368. The highest BCUT2D eigenvalue weighted by atomic mass is 35.5. The number of hydrogen-bond acceptors (Lipinski definition) is 1. The van der Waals surface area contributed by atoms with Crippen LogP contribution in [0.4, 0.5) is 4.79 Å². The number of likely N-dealkylation sites (N-methyl/N-ethyl adjacent to an activating group) is 1. The number of halogens is 2. The number of carbonyl (C=O) groups is 1. The van der Waals surface area contributed by atoms with Crippen LogP contribution < -0.4 is 5.73 Å². The lowest BCUT2D eigenvalue weighted by atomic mass is 10.1. The fourth-order valence-electron chi connectivity index (χ4n) is 1.10. The quantitative estimate of drug-likeness (QED) is 0.876. The van der Waals surface area contributed by atoms with Crippen LogP contribution in [0.1, 0.15) is 5.56 Å². The lowest BCUT2D eigenvalue weighted by Gasteiger charge is -2.13. The summed E-state index contributed by atoms with van der Waals surface area (Å²) in [4.78, 5) is 12.2. The van der Waals surface area contributed by atoms with Gasteiger partial charge in [-0.3, -0.25) is 0 Å². The fourth-order valence-corrected chi connectivity index (χ4v) is 1.42. The highest BCUT2D eigenvalue weighted by molar-refractivity contribution is 6.42. The number of nitrogens with two attached hydrogens (primary N) is 1. The second-order valence-corrected chi connectivity index (χ2v) is 4.07. The predicted molar refractivity (Wildman–Crippen MR) is 62.4 cm³/mol. The third-order valence-corrected chi connectivity index (χ3v) is 2.84. The Kier molecular flexibility index (Phi) is 4.24. The summed E-state index contributed by atoms with van der Waals surface area (Å²) < 4.78 is 0. The zero-order valence-corrected chi connectivity index (χ0v) is 9.85. The number of hydrogen-bond donors (Lipinski definition) is 1. The zero-order chi connectivity index (χ0) is 11.4. The third-order valence-electron chi connectivity index (χ3n) is 2.10. The molecule has 0 saturated heterocycles. The molecule has 0 aromatic heterocycles. The molecule has 0 unspecified atom stereocenters. The second-order valence-electron chi connectivity index (χ2n) is 3.26. The SMILES string of the molecule is CN(CCc1ccc(Cl)c(Cl)c1)C(N)=O. The first kappa shape index (κ1) is 12.1. The third kappa shape index (κ3) is 3.61. The Morgan fingerprint density at radius 3 is 2.60 bits per heavy atom. The maximum Gasteiger partial charge on any atom is 0.314 e. The van der Waals surface area contributed by atoms with Gasteiger partial charge in [-0.1, -0.05) is 29.3 Å². The second kappa shape index (κ2) is 5.24. The van der Waals surface area contributed by atoms with Crippen molar-refractivity contribution in [3.8, 4) is 0 Å². The van der Waals surface area contributed by atoms with Crippen molar-refractivity contribution in [2.24, 2.45) is 5.73 Å². The molecule has 1 aromatic carbocycles. The Labute approximate surface area is 98.8 Å². The molecule has 1 aromatic rings. The topological polar surface area (TPSA) is 46.3 Å². The van der Waals surface area contributed by atoms with E-state index in [0.717, 1.165) is 5.56 Å². The number of carbonyl (C=O) groups excluding carboxylic acids is 1. The van der Waals surface area contributed by atoms with Gasteiger partial charge in [0.1, 0.15) is 0 Å². The normalized spacial score (nSPS) is 10.1. The molecular weight excluding hydrogens is 235 g/mol. The van der Waals surface area contributed by atoms with Crippen molar-refractivity contribution in [1.29, 1.82) is 0 Å². The van der Waals surface area contributed by atoms with Crippen molar-refractivity contribution < 1.29 is 4.79 Å². The van der Waals surface area contributed by atoms with E-state index in [9.17, 15) is 4.79 Å². The number of nitrogens with zero attached hydrogens (tertiary/aromatic N) is 1. The van der Waals surface area contributed by atoms with Crippen molar-refractivity contribution in [2.45, 2.75) is 6.42 Å². The molecule has 15 heavy (non-hydrogen) atoms. The molecule has 0 saturated carbocycles. The number of amides is 2. The van der Waals surface area contributed by atoms with Gasteiger partial charge >= 0.3 is 6.03 Å². The zero-order valence-electron chi connectivity index (χ0n) is 8.34. The molecule has 0 aliphatic heterocycles. The summed E-state index contributed by atoms with van der Waals surface area (Å²) in [6.07, 6.45) is 0.705. The summed E-state index contributed by atoms with van der Waals surface area (Å²) in [5, 5.41) is 1.06. The lowest BCUT2D eigenvalue weighted by Crippen LogP contribution is -2.33. The monoisotopic (exact) mass is 246 g/mol. The largest absolute Gasteiger partial charge is 0.351 e. The van der Waals surface area contributed by atoms with E-state index in [-0.39, 0.29) is 0 Å². The van der Waals surface area contributed by atoms with Crippen molar-refractivity contribution in [1.82, 2.24) is 4.90 Å². The van der Waals surface area contributed by atoms with Gasteiger partial charge in [0.05, 0.1) is 10.0 Å². The summed E-state index contributed by atoms with van der Waals surface area (Å²) in [7, 11) is 1.65. The van der Waals surface area contributed by atoms with Gasteiger partial charge in [0.25, 0.3) is 0 Å². The van der Waals surface area contributed by atoms with Gasteiger partial charge in [0, 0.05) is 13.6 Å². The minimum Gasteiger partial charge on any atom is -0.351 e. The van der Waals surface area contributed by atoms with Crippen LogP contribution >= 0.6 is 23.2 Å². The minimum atomic E-state index is -0.435. The maximum absolute atomic E-state index is 10.7. The van der Waals surface area contributed by atoms with Gasteiger partial charge in [0.15, 0.2) is 0 Å². The van der Waals surface area contributed by atoms with E-state index in [4.69, 9.17) is 28.9 Å². The van der Waals surface area contributed by atoms with E-state index >= 15 is 0 Å². The molecule has 5 heteroatoms. The molecule has 0 atom stereocenters. The highest BCUT2D eigenvalue weighted by Crippen LogP contribution is 2.22. The first-order valence-corrected chi connectivity index (χ1v) is 5.21. The van der Waals surface area contributed by atoms with Crippen molar-refractivity contribution in [3.63, 3.8) is 0 Å². The van der Waals surface area contributed by atoms with E-state index in [1.54, 1.807) is 19.2 Å². The van der Waals surface area contributed by atoms with Crippen LogP contribution in [-0.4, -0.2) is 24.5 Å². The van der Waals surface area contributed by atoms with E-state index in [1.165, 1.54) is 4.90 Å². The lowest BCUT2D eigenvalue weighted by molar-refractivity contribution is 0.219. The number of rotatable bonds is 3. The average molecular weight is 247 g/mol. The van der Waals surface area contributed by atoms with Crippen LogP contribution in [0.25, 0.3) is 0 Å². The number of urea groups is 1. The summed E-state index contributed by atoms with van der Waals surface area (Å²) in [6.45, 7) is 0.563. The van der Waals surface area contributed by atoms with Crippen LogP contribution in [-0.2, 0) is 6.42 Å². The summed E-state index contributed by atoms with van der Waals surface area (Å²) in [5.74, 6) is 0. The molecule has 0 spiro atoms. The predicted octanol–water partition coefficient (Wildman–Crippen LogP) is 2.55. The number of primary amides is 1. The van der Waals surface area contributed by atoms with Gasteiger partial charge in [-0.2, -0.15) is 0 Å². The Morgan fingerprint density at radius 1 is 1.40 bits per heavy atom. The standard InChI is InChI=1S/C10H12Cl2N2O/c1-14(10(13)15)5-4-7-2-3-8(11)9(12)6-7/h2-3,6H,4-5H2,1H3,(H2,13,15). The van der Waals surface area contributed by atoms with Crippen molar-refractivity contribution in [2.75, 3.05) is 13.6 Å². The smallest absolute Gasteiger partial charge is 0.314 e. The molecule has 2 amide bonds. The first-order valence-electron chi connectivity index (χ1n) is 4.45. The molecule has 0 fully saturated rings. The Morgan fingerprint density at radius 2 is 2.07 bits per heavy atom. The van der Waals surface area contributed by atoms with E-state index in [0.29, 0.717) is 23.0 Å². The fraction of sp³-hybridized carbons (Fsp3) is 0.300. The Hall–Kier alpha value is -0.930. The van der Waals surface area contributed by atoms with Crippen LogP contribution in [0, 0.1) is 0 Å². The summed E-state index contributed by atoms with van der Waals surface area (Å²) in [6, 6.07) is 4.97.